The highest BCUT2D eigenvalue weighted by Gasteiger charge is 2.37. The molecule has 1 aliphatic rings. The van der Waals surface area contributed by atoms with E-state index in [0.29, 0.717) is 6.54 Å². The van der Waals surface area contributed by atoms with Crippen molar-refractivity contribution >= 4 is 5.91 Å². The lowest BCUT2D eigenvalue weighted by Crippen LogP contribution is -2.58. The molecule has 0 atom stereocenters. The molecule has 5 heteroatoms. The Bertz CT molecular complexity index is 436. The molecule has 92 valence electrons. The van der Waals surface area contributed by atoms with Crippen LogP contribution in [-0.2, 0) is 0 Å². The Balaban J connectivity index is 2.17. The summed E-state index contributed by atoms with van der Waals surface area (Å²) in [5, 5.41) is 21.7. The van der Waals surface area contributed by atoms with E-state index in [1.165, 1.54) is 18.2 Å². The van der Waals surface area contributed by atoms with Gasteiger partial charge in [0.2, 0.25) is 0 Å². The SMILES string of the molecule is NCC1(NC(=O)c2cccc(O)c2O)CCC1. The largest absolute Gasteiger partial charge is 0.504 e. The molecule has 1 amide bonds. The van der Waals surface area contributed by atoms with Crippen molar-refractivity contribution in [1.29, 1.82) is 0 Å². The first-order valence-corrected chi connectivity index (χ1v) is 5.61. The summed E-state index contributed by atoms with van der Waals surface area (Å²) in [5.74, 6) is -1.09. The molecule has 2 rings (SSSR count). The first-order chi connectivity index (χ1) is 8.08. The van der Waals surface area contributed by atoms with Crippen molar-refractivity contribution in [3.8, 4) is 11.5 Å². The Hall–Kier alpha value is -1.75. The van der Waals surface area contributed by atoms with Gasteiger partial charge in [-0.1, -0.05) is 6.07 Å². The van der Waals surface area contributed by atoms with Crippen molar-refractivity contribution in [2.75, 3.05) is 6.54 Å². The van der Waals surface area contributed by atoms with Crippen molar-refractivity contribution < 1.29 is 15.0 Å². The quantitative estimate of drug-likeness (QED) is 0.581. The van der Waals surface area contributed by atoms with E-state index in [9.17, 15) is 15.0 Å². The number of hydrogen-bond donors (Lipinski definition) is 4. The number of amides is 1. The molecule has 1 saturated carbocycles. The van der Waals surface area contributed by atoms with Crippen LogP contribution < -0.4 is 11.1 Å². The molecule has 5 nitrogen and oxygen atoms in total. The van der Waals surface area contributed by atoms with Crippen LogP contribution in [-0.4, -0.2) is 28.2 Å². The molecule has 0 spiro atoms. The molecule has 17 heavy (non-hydrogen) atoms. The zero-order valence-electron chi connectivity index (χ0n) is 9.44. The van der Waals surface area contributed by atoms with E-state index in [1.807, 2.05) is 0 Å². The van der Waals surface area contributed by atoms with Crippen LogP contribution in [0.2, 0.25) is 0 Å². The molecule has 1 aromatic carbocycles. The summed E-state index contributed by atoms with van der Waals surface area (Å²) >= 11 is 0. The van der Waals surface area contributed by atoms with Crippen LogP contribution in [0.1, 0.15) is 29.6 Å². The van der Waals surface area contributed by atoms with Crippen LogP contribution in [0.3, 0.4) is 0 Å². The predicted molar refractivity (Wildman–Crippen MR) is 62.9 cm³/mol. The third-order valence-corrected chi connectivity index (χ3v) is 3.34. The normalized spacial score (nSPS) is 17.2. The Kier molecular flexibility index (Phi) is 2.93. The molecule has 1 fully saturated rings. The van der Waals surface area contributed by atoms with Gasteiger partial charge in [-0.15, -0.1) is 0 Å². The summed E-state index contributed by atoms with van der Waals surface area (Å²) in [7, 11) is 0. The number of rotatable bonds is 3. The fraction of sp³-hybridized carbons (Fsp3) is 0.417. The van der Waals surface area contributed by atoms with E-state index in [0.717, 1.165) is 19.3 Å². The highest BCUT2D eigenvalue weighted by molar-refractivity contribution is 5.98. The van der Waals surface area contributed by atoms with Gasteiger partial charge in [0.25, 0.3) is 5.91 Å². The molecule has 0 heterocycles. The van der Waals surface area contributed by atoms with Crippen LogP contribution in [0.4, 0.5) is 0 Å². The number of nitrogens with one attached hydrogen (secondary N) is 1. The van der Waals surface area contributed by atoms with Gasteiger partial charge in [-0.3, -0.25) is 4.79 Å². The number of aromatic hydroxyl groups is 2. The number of nitrogens with two attached hydrogens (primary N) is 1. The highest BCUT2D eigenvalue weighted by atomic mass is 16.3. The molecule has 0 aromatic heterocycles. The minimum atomic E-state index is -0.399. The first kappa shape index (κ1) is 11.7. The Morgan fingerprint density at radius 3 is 2.65 bits per heavy atom. The molecule has 5 N–H and O–H groups in total. The van der Waals surface area contributed by atoms with E-state index in [2.05, 4.69) is 5.32 Å². The van der Waals surface area contributed by atoms with E-state index in [1.54, 1.807) is 0 Å². The van der Waals surface area contributed by atoms with E-state index >= 15 is 0 Å². The molecule has 1 aromatic rings. The number of hydrogen-bond acceptors (Lipinski definition) is 4. The van der Waals surface area contributed by atoms with Gasteiger partial charge >= 0.3 is 0 Å². The maximum atomic E-state index is 11.9. The zero-order valence-corrected chi connectivity index (χ0v) is 9.44. The maximum absolute atomic E-state index is 11.9. The molecular formula is C12H16N2O3. The van der Waals surface area contributed by atoms with Crippen molar-refractivity contribution in [2.24, 2.45) is 5.73 Å². The predicted octanol–water partition coefficient (Wildman–Crippen LogP) is 0.709. The van der Waals surface area contributed by atoms with Crippen molar-refractivity contribution in [1.82, 2.24) is 5.32 Å². The fourth-order valence-electron chi connectivity index (χ4n) is 2.01. The number of para-hydroxylation sites is 1. The van der Waals surface area contributed by atoms with Gasteiger partial charge in [0, 0.05) is 6.54 Å². The first-order valence-electron chi connectivity index (χ1n) is 5.61. The van der Waals surface area contributed by atoms with Crippen molar-refractivity contribution in [2.45, 2.75) is 24.8 Å². The fourth-order valence-corrected chi connectivity index (χ4v) is 2.01. The topological polar surface area (TPSA) is 95.6 Å². The van der Waals surface area contributed by atoms with Crippen LogP contribution >= 0.6 is 0 Å². The molecule has 1 aliphatic carbocycles. The molecule has 0 saturated heterocycles. The van der Waals surface area contributed by atoms with Crippen LogP contribution in [0, 0.1) is 0 Å². The standard InChI is InChI=1S/C12H16N2O3/c13-7-12(5-2-6-12)14-11(17)8-3-1-4-9(15)10(8)16/h1,3-4,15-16H,2,5-7,13H2,(H,14,17). The Morgan fingerprint density at radius 1 is 1.41 bits per heavy atom. The average Bonchev–Trinajstić information content (AvgIpc) is 2.27. The lowest BCUT2D eigenvalue weighted by atomic mass is 9.76. The average molecular weight is 236 g/mol. The monoisotopic (exact) mass is 236 g/mol. The van der Waals surface area contributed by atoms with Crippen LogP contribution in [0.25, 0.3) is 0 Å². The number of benzene rings is 1. The summed E-state index contributed by atoms with van der Waals surface area (Å²) in [6.45, 7) is 0.387. The van der Waals surface area contributed by atoms with Gasteiger partial charge in [0.1, 0.15) is 0 Å². The van der Waals surface area contributed by atoms with Gasteiger partial charge in [-0.25, -0.2) is 0 Å². The minimum absolute atomic E-state index is 0.0738. The smallest absolute Gasteiger partial charge is 0.255 e. The van der Waals surface area contributed by atoms with E-state index in [4.69, 9.17) is 5.73 Å². The summed E-state index contributed by atoms with van der Waals surface area (Å²) in [4.78, 5) is 11.9. The van der Waals surface area contributed by atoms with Crippen molar-refractivity contribution in [3.05, 3.63) is 23.8 Å². The van der Waals surface area contributed by atoms with Gasteiger partial charge in [-0.05, 0) is 31.4 Å². The highest BCUT2D eigenvalue weighted by Crippen LogP contribution is 2.33. The summed E-state index contributed by atoms with van der Waals surface area (Å²) < 4.78 is 0. The molecule has 0 bridgehead atoms. The number of carbonyl (C=O) groups is 1. The van der Waals surface area contributed by atoms with Crippen molar-refractivity contribution in [3.63, 3.8) is 0 Å². The summed E-state index contributed by atoms with van der Waals surface area (Å²) in [5.41, 5.74) is 5.37. The van der Waals surface area contributed by atoms with Crippen LogP contribution in [0.5, 0.6) is 11.5 Å². The lowest BCUT2D eigenvalue weighted by molar-refractivity contribution is 0.0834. The zero-order chi connectivity index (χ0) is 12.5. The summed E-state index contributed by atoms with van der Waals surface area (Å²) in [6, 6.07) is 4.31. The number of carbonyl (C=O) groups excluding carboxylic acids is 1. The van der Waals surface area contributed by atoms with Gasteiger partial charge in [0.05, 0.1) is 11.1 Å². The van der Waals surface area contributed by atoms with E-state index in [-0.39, 0.29) is 16.9 Å². The molecule has 0 radical (unpaired) electrons. The molecular weight excluding hydrogens is 220 g/mol. The second-order valence-corrected chi connectivity index (χ2v) is 4.47. The number of phenols is 2. The third-order valence-electron chi connectivity index (χ3n) is 3.34. The maximum Gasteiger partial charge on any atom is 0.255 e. The van der Waals surface area contributed by atoms with Gasteiger partial charge in [0.15, 0.2) is 11.5 Å². The third kappa shape index (κ3) is 2.06. The Labute approximate surface area is 99.3 Å². The molecule has 0 unspecified atom stereocenters. The van der Waals surface area contributed by atoms with Crippen LogP contribution in [0.15, 0.2) is 18.2 Å². The van der Waals surface area contributed by atoms with Gasteiger partial charge in [-0.2, -0.15) is 0 Å². The second kappa shape index (κ2) is 4.25. The summed E-state index contributed by atoms with van der Waals surface area (Å²) in [6.07, 6.45) is 2.76. The minimum Gasteiger partial charge on any atom is -0.504 e. The van der Waals surface area contributed by atoms with E-state index < -0.39 is 11.7 Å². The molecule has 0 aliphatic heterocycles. The number of phenolic OH excluding ortho intramolecular Hbond substituents is 2. The Morgan fingerprint density at radius 2 is 2.12 bits per heavy atom. The second-order valence-electron chi connectivity index (χ2n) is 4.47. The van der Waals surface area contributed by atoms with Gasteiger partial charge < -0.3 is 21.3 Å². The lowest BCUT2D eigenvalue weighted by Gasteiger charge is -2.41.